The zero-order chi connectivity index (χ0) is 17.2. The van der Waals surface area contributed by atoms with E-state index in [0.29, 0.717) is 24.5 Å². The Hall–Kier alpha value is -2.61. The molecule has 2 aromatic rings. The number of rotatable bonds is 4. The highest BCUT2D eigenvalue weighted by Gasteiger charge is 2.23. The Labute approximate surface area is 140 Å². The summed E-state index contributed by atoms with van der Waals surface area (Å²) < 4.78 is 25.5. The summed E-state index contributed by atoms with van der Waals surface area (Å²) in [5.74, 6) is 0.00979. The van der Waals surface area contributed by atoms with Gasteiger partial charge < -0.3 is 10.2 Å². The first-order valence-corrected chi connectivity index (χ1v) is 9.20. The molecule has 0 aliphatic carbocycles. The summed E-state index contributed by atoms with van der Waals surface area (Å²) in [5.41, 5.74) is 3.23. The molecule has 2 N–H and O–H groups in total. The van der Waals surface area contributed by atoms with Gasteiger partial charge in [0.25, 0.3) is 0 Å². The molecule has 0 unspecified atom stereocenters. The Kier molecular flexibility index (Phi) is 4.39. The van der Waals surface area contributed by atoms with Gasteiger partial charge in [0.05, 0.1) is 5.75 Å². The molecule has 126 valence electrons. The summed E-state index contributed by atoms with van der Waals surface area (Å²) in [6, 6.07) is 8.27. The Morgan fingerprint density at radius 3 is 2.46 bits per heavy atom. The maximum Gasteiger partial charge on any atom is 0.322 e. The van der Waals surface area contributed by atoms with Crippen molar-refractivity contribution < 1.29 is 13.2 Å². The Balaban J connectivity index is 1.62. The van der Waals surface area contributed by atoms with E-state index in [4.69, 9.17) is 0 Å². The highest BCUT2D eigenvalue weighted by molar-refractivity contribution is 7.92. The molecular weight excluding hydrogens is 328 g/mol. The van der Waals surface area contributed by atoms with Crippen LogP contribution in [0.3, 0.4) is 0 Å². The maximum absolute atomic E-state index is 12.3. The zero-order valence-corrected chi connectivity index (χ0v) is 14.0. The summed E-state index contributed by atoms with van der Waals surface area (Å²) >= 11 is 0. The highest BCUT2D eigenvalue weighted by atomic mass is 32.2. The average molecular weight is 346 g/mol. The van der Waals surface area contributed by atoms with E-state index in [1.807, 2.05) is 6.07 Å². The molecule has 0 atom stereocenters. The van der Waals surface area contributed by atoms with Crippen LogP contribution in [0, 0.1) is 0 Å². The molecule has 0 saturated carbocycles. The van der Waals surface area contributed by atoms with Crippen LogP contribution in [0.2, 0.25) is 0 Å². The summed E-state index contributed by atoms with van der Waals surface area (Å²) in [5, 5.41) is 2.81. The smallest absolute Gasteiger partial charge is 0.316 e. The van der Waals surface area contributed by atoms with Crippen LogP contribution in [0.1, 0.15) is 18.1 Å². The first-order valence-electron chi connectivity index (χ1n) is 7.55. The van der Waals surface area contributed by atoms with Crippen molar-refractivity contribution in [3.05, 3.63) is 53.9 Å². The van der Waals surface area contributed by atoms with Crippen LogP contribution in [0.5, 0.6) is 0 Å². The van der Waals surface area contributed by atoms with Crippen molar-refractivity contribution in [1.82, 2.24) is 9.88 Å². The maximum atomic E-state index is 12.3. The van der Waals surface area contributed by atoms with Gasteiger partial charge in [-0.15, -0.1) is 0 Å². The van der Waals surface area contributed by atoms with Gasteiger partial charge in [-0.25, -0.2) is 13.2 Å². The number of nitrogens with zero attached hydrogens (tertiary/aromatic N) is 2. The van der Waals surface area contributed by atoms with E-state index in [0.717, 1.165) is 11.1 Å². The van der Waals surface area contributed by atoms with Crippen molar-refractivity contribution in [2.24, 2.45) is 0 Å². The van der Waals surface area contributed by atoms with E-state index >= 15 is 0 Å². The van der Waals surface area contributed by atoms with E-state index in [1.54, 1.807) is 48.5 Å². The van der Waals surface area contributed by atoms with E-state index in [1.165, 1.54) is 0 Å². The molecule has 1 aliphatic heterocycles. The van der Waals surface area contributed by atoms with Crippen molar-refractivity contribution in [1.29, 1.82) is 0 Å². The van der Waals surface area contributed by atoms with Crippen molar-refractivity contribution in [3.63, 3.8) is 0 Å². The second-order valence-corrected chi connectivity index (χ2v) is 7.52. The normalized spacial score (nSPS) is 13.5. The third-order valence-corrected chi connectivity index (χ3v) is 5.11. The number of fused-ring (bicyclic) bond motifs is 1. The Bertz CT molecular complexity index is 825. The number of amides is 2. The SMILES string of the molecule is CCS(=O)(=O)Nc1ccc(NC(=O)N2Cc3ccncc3C2)cc1. The number of benzene rings is 1. The summed E-state index contributed by atoms with van der Waals surface area (Å²) in [6.45, 7) is 2.65. The van der Waals surface area contributed by atoms with Crippen LogP contribution in [-0.4, -0.2) is 30.1 Å². The first kappa shape index (κ1) is 16.3. The lowest BCUT2D eigenvalue weighted by molar-refractivity contribution is 0.212. The van der Waals surface area contributed by atoms with Crippen molar-refractivity contribution in [2.75, 3.05) is 15.8 Å². The first-order chi connectivity index (χ1) is 11.5. The van der Waals surface area contributed by atoms with E-state index in [-0.39, 0.29) is 11.8 Å². The average Bonchev–Trinajstić information content (AvgIpc) is 3.01. The summed E-state index contributed by atoms with van der Waals surface area (Å²) in [7, 11) is -3.30. The van der Waals surface area contributed by atoms with Crippen LogP contribution in [0.15, 0.2) is 42.7 Å². The minimum Gasteiger partial charge on any atom is -0.316 e. The van der Waals surface area contributed by atoms with Crippen molar-refractivity contribution in [3.8, 4) is 0 Å². The van der Waals surface area contributed by atoms with E-state index in [2.05, 4.69) is 15.0 Å². The second kappa shape index (κ2) is 6.48. The highest BCUT2D eigenvalue weighted by Crippen LogP contribution is 2.22. The molecule has 7 nitrogen and oxygen atoms in total. The van der Waals surface area contributed by atoms with Gasteiger partial charge in [-0.05, 0) is 48.4 Å². The number of sulfonamides is 1. The number of hydrogen-bond donors (Lipinski definition) is 2. The standard InChI is InChI=1S/C16H18N4O3S/c1-2-24(22,23)19-15-5-3-14(4-6-15)18-16(21)20-10-12-7-8-17-9-13(12)11-20/h3-9,19H,2,10-11H2,1H3,(H,18,21). The predicted molar refractivity (Wildman–Crippen MR) is 92.0 cm³/mol. The Morgan fingerprint density at radius 2 is 1.79 bits per heavy atom. The van der Waals surface area contributed by atoms with Crippen molar-refractivity contribution >= 4 is 27.4 Å². The second-order valence-electron chi connectivity index (χ2n) is 5.51. The van der Waals surface area contributed by atoms with Crippen molar-refractivity contribution in [2.45, 2.75) is 20.0 Å². The van der Waals surface area contributed by atoms with Gasteiger partial charge >= 0.3 is 6.03 Å². The number of anilines is 2. The molecule has 0 radical (unpaired) electrons. The van der Waals surface area contributed by atoms with Gasteiger partial charge in [-0.2, -0.15) is 0 Å². The molecule has 0 saturated heterocycles. The predicted octanol–water partition coefficient (Wildman–Crippen LogP) is 2.39. The number of carbonyl (C=O) groups excluding carboxylic acids is 1. The van der Waals surface area contributed by atoms with Crippen LogP contribution in [0.4, 0.5) is 16.2 Å². The lowest BCUT2D eigenvalue weighted by atomic mass is 10.2. The molecule has 1 aromatic carbocycles. The van der Waals surface area contributed by atoms with Gasteiger partial charge in [0, 0.05) is 36.9 Å². The number of hydrogen-bond acceptors (Lipinski definition) is 4. The van der Waals surface area contributed by atoms with Gasteiger partial charge in [0.15, 0.2) is 0 Å². The molecule has 24 heavy (non-hydrogen) atoms. The fourth-order valence-electron chi connectivity index (χ4n) is 2.44. The topological polar surface area (TPSA) is 91.4 Å². The van der Waals surface area contributed by atoms with E-state index < -0.39 is 10.0 Å². The summed E-state index contributed by atoms with van der Waals surface area (Å²) in [6.07, 6.45) is 3.49. The molecule has 0 spiro atoms. The number of carbonyl (C=O) groups is 1. The number of pyridine rings is 1. The van der Waals surface area contributed by atoms with Crippen LogP contribution < -0.4 is 10.0 Å². The van der Waals surface area contributed by atoms with Crippen LogP contribution in [-0.2, 0) is 23.1 Å². The number of nitrogens with one attached hydrogen (secondary N) is 2. The molecule has 2 amide bonds. The van der Waals surface area contributed by atoms with Gasteiger partial charge in [-0.1, -0.05) is 0 Å². The quantitative estimate of drug-likeness (QED) is 0.889. The monoisotopic (exact) mass is 346 g/mol. The molecule has 2 heterocycles. The molecular formula is C16H18N4O3S. The fraction of sp³-hybridized carbons (Fsp3) is 0.250. The van der Waals surface area contributed by atoms with Crippen LogP contribution >= 0.6 is 0 Å². The molecule has 1 aliphatic rings. The lowest BCUT2D eigenvalue weighted by Gasteiger charge is -2.16. The summed E-state index contributed by atoms with van der Waals surface area (Å²) in [4.78, 5) is 18.1. The van der Waals surface area contributed by atoms with Gasteiger partial charge in [0.2, 0.25) is 10.0 Å². The third kappa shape index (κ3) is 3.65. The zero-order valence-electron chi connectivity index (χ0n) is 13.2. The van der Waals surface area contributed by atoms with Gasteiger partial charge in [-0.3, -0.25) is 9.71 Å². The van der Waals surface area contributed by atoms with Crippen LogP contribution in [0.25, 0.3) is 0 Å². The minimum atomic E-state index is -3.30. The molecule has 0 bridgehead atoms. The van der Waals surface area contributed by atoms with E-state index in [9.17, 15) is 13.2 Å². The van der Waals surface area contributed by atoms with Gasteiger partial charge in [0.1, 0.15) is 0 Å². The Morgan fingerprint density at radius 1 is 1.12 bits per heavy atom. The number of aromatic nitrogens is 1. The largest absolute Gasteiger partial charge is 0.322 e. The molecule has 8 heteroatoms. The minimum absolute atomic E-state index is 0.00979. The third-order valence-electron chi connectivity index (χ3n) is 3.80. The lowest BCUT2D eigenvalue weighted by Crippen LogP contribution is -2.30. The molecule has 0 fully saturated rings. The molecule has 3 rings (SSSR count). The molecule has 1 aromatic heterocycles. The number of urea groups is 1. The fourth-order valence-corrected chi connectivity index (χ4v) is 3.08.